The number of hydrogen-bond donors (Lipinski definition) is 0. The molecule has 0 bridgehead atoms. The number of benzene rings is 1. The molecule has 1 aliphatic carbocycles. The Hall–Kier alpha value is -0.780. The maximum Gasteiger partial charge on any atom is 0.338 e. The van der Waals surface area contributed by atoms with Gasteiger partial charge in [-0.15, -0.1) is 11.8 Å². The quantitative estimate of drug-likeness (QED) is 0.483. The molecule has 130 valence electrons. The summed E-state index contributed by atoms with van der Waals surface area (Å²) in [5.74, 6) is 0.135. The highest BCUT2D eigenvalue weighted by Crippen LogP contribution is 2.42. The van der Waals surface area contributed by atoms with Crippen molar-refractivity contribution >= 4 is 39.2 Å². The van der Waals surface area contributed by atoms with E-state index in [-0.39, 0.29) is 5.97 Å². The van der Waals surface area contributed by atoms with Gasteiger partial charge in [0.2, 0.25) is 0 Å². The number of allylic oxidation sites excluding steroid dienone is 1. The van der Waals surface area contributed by atoms with E-state index in [0.717, 1.165) is 41.3 Å². The Morgan fingerprint density at radius 2 is 2.08 bits per heavy atom. The molecule has 3 rings (SSSR count). The molecular weight excluding hydrogens is 388 g/mol. The number of carbonyl (C=O) groups is 1. The molecule has 24 heavy (non-hydrogen) atoms. The lowest BCUT2D eigenvalue weighted by Gasteiger charge is -2.20. The standard InChI is InChI=1S/C19H23BrO3S/c1-2-23-19(21)16(11-13-7-9-22-10-8-13)14-3-6-18(17(20)12-14)24-15-4-5-15/h3,6,11-13,15H,2,4-5,7-10H2,1H3/b16-11+. The van der Waals surface area contributed by atoms with Crippen LogP contribution in [0.1, 0.15) is 38.2 Å². The minimum Gasteiger partial charge on any atom is -0.462 e. The van der Waals surface area contributed by atoms with E-state index < -0.39 is 0 Å². The van der Waals surface area contributed by atoms with Gasteiger partial charge in [0.05, 0.1) is 12.2 Å². The van der Waals surface area contributed by atoms with Crippen LogP contribution < -0.4 is 0 Å². The van der Waals surface area contributed by atoms with Crippen LogP contribution in [0.4, 0.5) is 0 Å². The molecule has 1 aromatic rings. The fourth-order valence-corrected chi connectivity index (χ4v) is 4.45. The maximum absolute atomic E-state index is 12.5. The van der Waals surface area contributed by atoms with Crippen LogP contribution in [0.25, 0.3) is 5.57 Å². The average Bonchev–Trinajstić information content (AvgIpc) is 3.40. The zero-order chi connectivity index (χ0) is 16.9. The van der Waals surface area contributed by atoms with Gasteiger partial charge < -0.3 is 9.47 Å². The van der Waals surface area contributed by atoms with Crippen LogP contribution in [0, 0.1) is 5.92 Å². The van der Waals surface area contributed by atoms with E-state index in [1.807, 2.05) is 30.8 Å². The number of thioether (sulfide) groups is 1. The molecule has 1 saturated carbocycles. The zero-order valence-electron chi connectivity index (χ0n) is 13.9. The second-order valence-electron chi connectivity index (χ2n) is 6.21. The monoisotopic (exact) mass is 410 g/mol. The van der Waals surface area contributed by atoms with Crippen LogP contribution in [-0.4, -0.2) is 31.0 Å². The van der Waals surface area contributed by atoms with Crippen LogP contribution >= 0.6 is 27.7 Å². The molecular formula is C19H23BrO3S. The van der Waals surface area contributed by atoms with Crippen molar-refractivity contribution in [2.75, 3.05) is 19.8 Å². The molecule has 5 heteroatoms. The third kappa shape index (κ3) is 4.87. The SMILES string of the molecule is CCOC(=O)/C(=C/C1CCOCC1)c1ccc(SC2CC2)c(Br)c1. The fourth-order valence-electron chi connectivity index (χ4n) is 2.74. The van der Waals surface area contributed by atoms with Crippen LogP contribution in [-0.2, 0) is 14.3 Å². The summed E-state index contributed by atoms with van der Waals surface area (Å²) in [6.07, 6.45) is 6.60. The van der Waals surface area contributed by atoms with Gasteiger partial charge in [-0.25, -0.2) is 4.79 Å². The molecule has 0 aromatic heterocycles. The molecule has 0 spiro atoms. The van der Waals surface area contributed by atoms with Gasteiger partial charge >= 0.3 is 5.97 Å². The van der Waals surface area contributed by atoms with Gasteiger partial charge in [0, 0.05) is 27.8 Å². The number of esters is 1. The van der Waals surface area contributed by atoms with Gasteiger partial charge in [-0.05, 0) is 72.2 Å². The molecule has 3 nitrogen and oxygen atoms in total. The third-order valence-electron chi connectivity index (χ3n) is 4.22. The second kappa shape index (κ2) is 8.54. The van der Waals surface area contributed by atoms with Crippen LogP contribution in [0.15, 0.2) is 33.6 Å². The summed E-state index contributed by atoms with van der Waals surface area (Å²) >= 11 is 5.58. The fraction of sp³-hybridized carbons (Fsp3) is 0.526. The zero-order valence-corrected chi connectivity index (χ0v) is 16.3. The summed E-state index contributed by atoms with van der Waals surface area (Å²) < 4.78 is 11.8. The first-order valence-electron chi connectivity index (χ1n) is 8.60. The number of ether oxygens (including phenoxy) is 2. The summed E-state index contributed by atoms with van der Waals surface area (Å²) in [5.41, 5.74) is 1.60. The topological polar surface area (TPSA) is 35.5 Å². The van der Waals surface area contributed by atoms with Crippen molar-refractivity contribution in [3.8, 4) is 0 Å². The van der Waals surface area contributed by atoms with E-state index in [1.54, 1.807) is 0 Å². The molecule has 2 aliphatic rings. The van der Waals surface area contributed by atoms with Crippen molar-refractivity contribution in [3.63, 3.8) is 0 Å². The lowest BCUT2D eigenvalue weighted by atomic mass is 9.94. The van der Waals surface area contributed by atoms with Crippen LogP contribution in [0.3, 0.4) is 0 Å². The molecule has 2 fully saturated rings. The largest absolute Gasteiger partial charge is 0.462 e. The lowest BCUT2D eigenvalue weighted by Crippen LogP contribution is -2.16. The minimum atomic E-state index is -0.238. The summed E-state index contributed by atoms with van der Waals surface area (Å²) in [6.45, 7) is 3.76. The highest BCUT2D eigenvalue weighted by molar-refractivity contribution is 9.10. The Labute approximate surface area is 156 Å². The van der Waals surface area contributed by atoms with Crippen molar-refractivity contribution in [2.45, 2.75) is 42.8 Å². The van der Waals surface area contributed by atoms with E-state index in [1.165, 1.54) is 17.7 Å². The molecule has 1 aromatic carbocycles. The Balaban J connectivity index is 1.84. The Morgan fingerprint density at radius 3 is 2.71 bits per heavy atom. The van der Waals surface area contributed by atoms with Crippen molar-refractivity contribution in [1.82, 2.24) is 0 Å². The van der Waals surface area contributed by atoms with E-state index in [9.17, 15) is 4.79 Å². The van der Waals surface area contributed by atoms with Crippen molar-refractivity contribution in [2.24, 2.45) is 5.92 Å². The lowest BCUT2D eigenvalue weighted by molar-refractivity contribution is -0.136. The maximum atomic E-state index is 12.5. The summed E-state index contributed by atoms with van der Waals surface area (Å²) in [4.78, 5) is 13.7. The Morgan fingerprint density at radius 1 is 1.33 bits per heavy atom. The first kappa shape index (κ1) is 18.0. The van der Waals surface area contributed by atoms with Gasteiger partial charge in [0.25, 0.3) is 0 Å². The molecule has 1 heterocycles. The van der Waals surface area contributed by atoms with Gasteiger partial charge in [-0.3, -0.25) is 0 Å². The predicted octanol–water partition coefficient (Wildman–Crippen LogP) is 5.08. The summed E-state index contributed by atoms with van der Waals surface area (Å²) in [5, 5.41) is 0.759. The number of carbonyl (C=O) groups excluding carboxylic acids is 1. The summed E-state index contributed by atoms with van der Waals surface area (Å²) in [7, 11) is 0. The second-order valence-corrected chi connectivity index (χ2v) is 8.41. The number of halogens is 1. The van der Waals surface area contributed by atoms with Crippen LogP contribution in [0.5, 0.6) is 0 Å². The van der Waals surface area contributed by atoms with Gasteiger partial charge in [0.15, 0.2) is 0 Å². The van der Waals surface area contributed by atoms with E-state index in [4.69, 9.17) is 9.47 Å². The first-order valence-corrected chi connectivity index (χ1v) is 10.3. The van der Waals surface area contributed by atoms with Gasteiger partial charge in [-0.1, -0.05) is 12.1 Å². The number of rotatable bonds is 6. The number of hydrogen-bond acceptors (Lipinski definition) is 4. The molecule has 0 unspecified atom stereocenters. The predicted molar refractivity (Wildman–Crippen MR) is 101 cm³/mol. The van der Waals surface area contributed by atoms with Gasteiger partial charge in [0.1, 0.15) is 0 Å². The summed E-state index contributed by atoms with van der Waals surface area (Å²) in [6, 6.07) is 6.20. The van der Waals surface area contributed by atoms with E-state index >= 15 is 0 Å². The van der Waals surface area contributed by atoms with Gasteiger partial charge in [-0.2, -0.15) is 0 Å². The van der Waals surface area contributed by atoms with E-state index in [0.29, 0.717) is 18.1 Å². The first-order chi connectivity index (χ1) is 11.7. The molecule has 1 saturated heterocycles. The average molecular weight is 411 g/mol. The highest BCUT2D eigenvalue weighted by Gasteiger charge is 2.24. The van der Waals surface area contributed by atoms with Crippen molar-refractivity contribution in [1.29, 1.82) is 0 Å². The van der Waals surface area contributed by atoms with E-state index in [2.05, 4.69) is 28.1 Å². The molecule has 0 radical (unpaired) electrons. The molecule has 0 atom stereocenters. The molecule has 1 aliphatic heterocycles. The normalized spacial score (nSPS) is 19.3. The Kier molecular flexibility index (Phi) is 6.42. The van der Waals surface area contributed by atoms with Crippen molar-refractivity contribution in [3.05, 3.63) is 34.3 Å². The molecule has 0 amide bonds. The minimum absolute atomic E-state index is 0.238. The smallest absolute Gasteiger partial charge is 0.338 e. The van der Waals surface area contributed by atoms with Crippen LogP contribution in [0.2, 0.25) is 0 Å². The Bertz CT molecular complexity index is 619. The molecule has 0 N–H and O–H groups in total. The third-order valence-corrected chi connectivity index (χ3v) is 6.56. The highest BCUT2D eigenvalue weighted by atomic mass is 79.9. The van der Waals surface area contributed by atoms with Crippen molar-refractivity contribution < 1.29 is 14.3 Å².